The first-order valence-corrected chi connectivity index (χ1v) is 13.9. The topological polar surface area (TPSA) is 131 Å². The summed E-state index contributed by atoms with van der Waals surface area (Å²) in [6.07, 6.45) is 2.11. The van der Waals surface area contributed by atoms with Gasteiger partial charge in [0.15, 0.2) is 0 Å². The molecule has 2 rings (SSSR count). The third kappa shape index (κ3) is 12.4. The molecule has 10 heteroatoms. The zero-order valence-electron chi connectivity index (χ0n) is 24.8. The lowest BCUT2D eigenvalue weighted by Crippen LogP contribution is -2.54. The normalized spacial score (nSPS) is 12.4. The number of carbonyl (C=O) groups is 4. The lowest BCUT2D eigenvalue weighted by molar-refractivity contribution is -0.155. The molecule has 0 unspecified atom stereocenters. The first-order chi connectivity index (χ1) is 19.9. The summed E-state index contributed by atoms with van der Waals surface area (Å²) in [5, 5.41) is 11.3. The van der Waals surface area contributed by atoms with E-state index in [0.717, 1.165) is 11.1 Å². The Labute approximate surface area is 247 Å². The summed E-state index contributed by atoms with van der Waals surface area (Å²) < 4.78 is 16.4. The lowest BCUT2D eigenvalue weighted by Gasteiger charge is -2.33. The number of alkyl carbamates (subject to hydrolysis) is 1. The zero-order valence-corrected chi connectivity index (χ0v) is 24.8. The number of nitrogens with one attached hydrogen (secondary N) is 1. The minimum Gasteiger partial charge on any atom is -0.494 e. The Kier molecular flexibility index (Phi) is 13.6. The second-order valence-electron chi connectivity index (χ2n) is 10.8. The fraction of sp³-hybridized carbons (Fsp3) is 0.438. The van der Waals surface area contributed by atoms with Gasteiger partial charge in [-0.3, -0.25) is 9.59 Å². The number of carboxylic acids is 1. The maximum atomic E-state index is 13.8. The number of aliphatic carboxylic acids is 1. The largest absolute Gasteiger partial charge is 0.494 e. The van der Waals surface area contributed by atoms with Crippen LogP contribution in [0.2, 0.25) is 0 Å². The van der Waals surface area contributed by atoms with Gasteiger partial charge in [0.25, 0.3) is 0 Å². The molecule has 2 aromatic rings. The van der Waals surface area contributed by atoms with Crippen LogP contribution in [0.25, 0.3) is 0 Å². The minimum atomic E-state index is -1.00. The molecule has 42 heavy (non-hydrogen) atoms. The third-order valence-electron chi connectivity index (χ3n) is 5.98. The van der Waals surface area contributed by atoms with Crippen LogP contribution in [0.5, 0.6) is 5.75 Å². The molecule has 228 valence electrons. The van der Waals surface area contributed by atoms with E-state index >= 15 is 0 Å². The van der Waals surface area contributed by atoms with Gasteiger partial charge in [0.1, 0.15) is 30.0 Å². The number of carboxylic acid groups (broad SMARTS) is 1. The summed E-state index contributed by atoms with van der Waals surface area (Å²) in [5.41, 5.74) is 0.799. The fourth-order valence-corrected chi connectivity index (χ4v) is 3.99. The van der Waals surface area contributed by atoms with Crippen LogP contribution in [0, 0.1) is 0 Å². The molecule has 0 aliphatic carbocycles. The van der Waals surface area contributed by atoms with Crippen LogP contribution in [-0.4, -0.2) is 64.8 Å². The lowest BCUT2D eigenvalue weighted by atomic mass is 10.0. The van der Waals surface area contributed by atoms with E-state index in [1.807, 2.05) is 30.3 Å². The van der Waals surface area contributed by atoms with E-state index < -0.39 is 41.6 Å². The number of esters is 1. The Hall–Kier alpha value is -4.34. The third-order valence-corrected chi connectivity index (χ3v) is 5.98. The number of unbranched alkanes of at least 4 members (excludes halogenated alkanes) is 1. The zero-order chi connectivity index (χ0) is 31.1. The molecule has 0 saturated carbocycles. The molecule has 2 amide bonds. The quantitative estimate of drug-likeness (QED) is 0.162. The molecule has 0 heterocycles. The molecule has 10 nitrogen and oxygen atoms in total. The van der Waals surface area contributed by atoms with Gasteiger partial charge < -0.3 is 29.5 Å². The van der Waals surface area contributed by atoms with E-state index in [1.54, 1.807) is 45.0 Å². The van der Waals surface area contributed by atoms with Crippen molar-refractivity contribution in [2.75, 3.05) is 13.2 Å². The summed E-state index contributed by atoms with van der Waals surface area (Å²) in [6, 6.07) is 14.4. The number of hydrogen-bond acceptors (Lipinski definition) is 7. The average Bonchev–Trinajstić information content (AvgIpc) is 2.93. The smallest absolute Gasteiger partial charge is 0.408 e. The van der Waals surface area contributed by atoms with Gasteiger partial charge in [-0.05, 0) is 63.8 Å². The van der Waals surface area contributed by atoms with Gasteiger partial charge in [-0.2, -0.15) is 0 Å². The van der Waals surface area contributed by atoms with E-state index in [0.29, 0.717) is 25.2 Å². The number of ether oxygens (including phenoxy) is 3. The molecule has 0 spiro atoms. The number of nitrogens with zero attached hydrogens (tertiary/aromatic N) is 1. The van der Waals surface area contributed by atoms with Crippen molar-refractivity contribution >= 4 is 23.9 Å². The molecule has 0 aromatic heterocycles. The molecular formula is C32H42N2O8. The van der Waals surface area contributed by atoms with Crippen molar-refractivity contribution in [1.82, 2.24) is 10.2 Å². The highest BCUT2D eigenvalue weighted by Gasteiger charge is 2.34. The monoisotopic (exact) mass is 582 g/mol. The standard InChI is InChI=1S/C32H42N2O8/c1-6-19-41-30(38)27(21-24-12-8-7-9-13-24)34(29(37)23(2)33-31(39)42-32(3,4)5)22-25-15-17-26(18-16-25)40-20-11-10-14-28(35)36/h6-9,12-13,15-18,23,27H,1,10-11,14,19-22H2,2-5H3,(H,33,39)(H,35,36)/t23-,27-/m0/s1. The molecule has 2 aromatic carbocycles. The Balaban J connectivity index is 2.30. The van der Waals surface area contributed by atoms with Gasteiger partial charge in [0.05, 0.1) is 6.61 Å². The van der Waals surface area contributed by atoms with Crippen molar-refractivity contribution in [2.24, 2.45) is 0 Å². The SMILES string of the molecule is C=CCOC(=O)[C@H](Cc1ccccc1)N(Cc1ccc(OCCCCC(=O)O)cc1)C(=O)[C@H](C)NC(=O)OC(C)(C)C. The Morgan fingerprint density at radius 1 is 1.00 bits per heavy atom. The van der Waals surface area contributed by atoms with Crippen LogP contribution < -0.4 is 10.1 Å². The predicted octanol–water partition coefficient (Wildman–Crippen LogP) is 4.90. The highest BCUT2D eigenvalue weighted by molar-refractivity contribution is 5.89. The van der Waals surface area contributed by atoms with Crippen LogP contribution in [0.4, 0.5) is 4.79 Å². The van der Waals surface area contributed by atoms with Gasteiger partial charge >= 0.3 is 18.0 Å². The van der Waals surface area contributed by atoms with E-state index in [-0.39, 0.29) is 26.0 Å². The average molecular weight is 583 g/mol. The molecule has 0 bridgehead atoms. The number of carbonyl (C=O) groups excluding carboxylic acids is 3. The second-order valence-corrected chi connectivity index (χ2v) is 10.8. The first kappa shape index (κ1) is 33.9. The van der Waals surface area contributed by atoms with Crippen LogP contribution in [0.15, 0.2) is 67.3 Å². The number of hydrogen-bond donors (Lipinski definition) is 2. The van der Waals surface area contributed by atoms with E-state index in [9.17, 15) is 19.2 Å². The molecule has 0 aliphatic rings. The van der Waals surface area contributed by atoms with Crippen molar-refractivity contribution < 1.29 is 38.5 Å². The Morgan fingerprint density at radius 2 is 1.67 bits per heavy atom. The Morgan fingerprint density at radius 3 is 2.26 bits per heavy atom. The molecule has 0 fully saturated rings. The van der Waals surface area contributed by atoms with Gasteiger partial charge in [-0.25, -0.2) is 9.59 Å². The molecule has 2 N–H and O–H groups in total. The van der Waals surface area contributed by atoms with Crippen molar-refractivity contribution in [3.05, 3.63) is 78.4 Å². The van der Waals surface area contributed by atoms with Crippen molar-refractivity contribution in [1.29, 1.82) is 0 Å². The second kappa shape index (κ2) is 16.8. The van der Waals surface area contributed by atoms with E-state index in [2.05, 4.69) is 11.9 Å². The molecule has 2 atom stereocenters. The van der Waals surface area contributed by atoms with Gasteiger partial charge in [-0.15, -0.1) is 0 Å². The summed E-state index contributed by atoms with van der Waals surface area (Å²) in [6.45, 7) is 10.7. The highest BCUT2D eigenvalue weighted by atomic mass is 16.6. The molecule has 0 radical (unpaired) electrons. The van der Waals surface area contributed by atoms with E-state index in [4.69, 9.17) is 19.3 Å². The first-order valence-electron chi connectivity index (χ1n) is 13.9. The highest BCUT2D eigenvalue weighted by Crippen LogP contribution is 2.20. The van der Waals surface area contributed by atoms with E-state index in [1.165, 1.54) is 17.9 Å². The van der Waals surface area contributed by atoms with Crippen molar-refractivity contribution in [3.8, 4) is 5.75 Å². The van der Waals surface area contributed by atoms with Crippen molar-refractivity contribution in [3.63, 3.8) is 0 Å². The van der Waals surface area contributed by atoms with Gasteiger partial charge in [0, 0.05) is 19.4 Å². The van der Waals surface area contributed by atoms with Crippen LogP contribution in [-0.2, 0) is 36.8 Å². The van der Waals surface area contributed by atoms with Crippen LogP contribution in [0.3, 0.4) is 0 Å². The molecular weight excluding hydrogens is 540 g/mol. The number of rotatable bonds is 16. The summed E-state index contributed by atoms with van der Waals surface area (Å²) in [5.74, 6) is -1.33. The maximum absolute atomic E-state index is 13.8. The fourth-order valence-electron chi connectivity index (χ4n) is 3.99. The number of benzene rings is 2. The van der Waals surface area contributed by atoms with Crippen molar-refractivity contribution in [2.45, 2.75) is 77.6 Å². The predicted molar refractivity (Wildman–Crippen MR) is 158 cm³/mol. The van der Waals surface area contributed by atoms with Crippen LogP contribution >= 0.6 is 0 Å². The molecule has 0 saturated heterocycles. The summed E-state index contributed by atoms with van der Waals surface area (Å²) in [4.78, 5) is 51.7. The number of amides is 2. The summed E-state index contributed by atoms with van der Waals surface area (Å²) >= 11 is 0. The maximum Gasteiger partial charge on any atom is 0.408 e. The van der Waals surface area contributed by atoms with Crippen LogP contribution in [0.1, 0.15) is 58.1 Å². The van der Waals surface area contributed by atoms with Gasteiger partial charge in [-0.1, -0.05) is 55.1 Å². The minimum absolute atomic E-state index is 0.0175. The summed E-state index contributed by atoms with van der Waals surface area (Å²) in [7, 11) is 0. The Bertz CT molecular complexity index is 1180. The van der Waals surface area contributed by atoms with Gasteiger partial charge in [0.2, 0.25) is 5.91 Å². The molecule has 0 aliphatic heterocycles.